The van der Waals surface area contributed by atoms with Crippen LogP contribution >= 0.6 is 22.9 Å². The molecule has 0 unspecified atom stereocenters. The summed E-state index contributed by atoms with van der Waals surface area (Å²) in [5.41, 5.74) is 12.5. The standard InChI is InChI=1S/C31H37ClN4O3S/c1-31(2)11-10-22(27(17-31)21-4-6-23(32)7-5-21)18-35-12-14-36(15-13-35)25-8-9-26(29(37)38-3)28(16-25)39-19-24-20-40-30(33)34-24/h4-9,16,20H,10-15,17-19H2,1-3H3,(H2,33,34). The summed E-state index contributed by atoms with van der Waals surface area (Å²) in [6, 6.07) is 14.0. The maximum absolute atomic E-state index is 12.4. The topological polar surface area (TPSA) is 80.9 Å². The Kier molecular flexibility index (Phi) is 8.68. The van der Waals surface area contributed by atoms with Crippen molar-refractivity contribution in [2.45, 2.75) is 39.7 Å². The van der Waals surface area contributed by atoms with Crippen molar-refractivity contribution in [2.24, 2.45) is 5.41 Å². The largest absolute Gasteiger partial charge is 0.486 e. The Morgan fingerprint density at radius 2 is 1.88 bits per heavy atom. The van der Waals surface area contributed by atoms with E-state index in [-0.39, 0.29) is 6.61 Å². The van der Waals surface area contributed by atoms with Crippen LogP contribution < -0.4 is 15.4 Å². The van der Waals surface area contributed by atoms with E-state index in [0.29, 0.717) is 21.9 Å². The van der Waals surface area contributed by atoms with E-state index in [9.17, 15) is 4.79 Å². The first-order valence-corrected chi connectivity index (χ1v) is 15.0. The lowest BCUT2D eigenvalue weighted by atomic mass is 9.72. The molecule has 7 nitrogen and oxygen atoms in total. The van der Waals surface area contributed by atoms with E-state index >= 15 is 0 Å². The molecule has 0 saturated carbocycles. The average Bonchev–Trinajstić information content (AvgIpc) is 3.38. The summed E-state index contributed by atoms with van der Waals surface area (Å²) in [6.07, 6.45) is 3.43. The van der Waals surface area contributed by atoms with Crippen molar-refractivity contribution in [1.82, 2.24) is 9.88 Å². The maximum atomic E-state index is 12.4. The summed E-state index contributed by atoms with van der Waals surface area (Å²) in [7, 11) is 1.38. The molecule has 5 rings (SSSR count). The third-order valence-corrected chi connectivity index (χ3v) is 8.82. The molecule has 212 valence electrons. The van der Waals surface area contributed by atoms with Crippen molar-refractivity contribution >= 4 is 45.3 Å². The molecular weight excluding hydrogens is 544 g/mol. The van der Waals surface area contributed by atoms with Crippen LogP contribution in [0.3, 0.4) is 0 Å². The molecule has 1 aromatic heterocycles. The molecule has 0 amide bonds. The van der Waals surface area contributed by atoms with Gasteiger partial charge in [0, 0.05) is 54.9 Å². The zero-order chi connectivity index (χ0) is 28.3. The van der Waals surface area contributed by atoms with Crippen molar-refractivity contribution in [3.05, 3.63) is 75.3 Å². The van der Waals surface area contributed by atoms with Gasteiger partial charge in [-0.05, 0) is 60.1 Å². The van der Waals surface area contributed by atoms with Crippen LogP contribution in [0.25, 0.3) is 5.57 Å². The molecule has 1 fully saturated rings. The molecule has 40 heavy (non-hydrogen) atoms. The van der Waals surface area contributed by atoms with E-state index in [0.717, 1.165) is 62.0 Å². The molecule has 2 heterocycles. The van der Waals surface area contributed by atoms with Crippen LogP contribution in [0, 0.1) is 5.41 Å². The number of halogens is 1. The molecule has 1 aliphatic heterocycles. The molecule has 1 aliphatic carbocycles. The van der Waals surface area contributed by atoms with Crippen molar-refractivity contribution in [3.63, 3.8) is 0 Å². The highest BCUT2D eigenvalue weighted by Gasteiger charge is 2.29. The van der Waals surface area contributed by atoms with E-state index in [2.05, 4.69) is 40.8 Å². The van der Waals surface area contributed by atoms with Gasteiger partial charge in [-0.3, -0.25) is 4.90 Å². The van der Waals surface area contributed by atoms with Crippen LogP contribution in [-0.2, 0) is 11.3 Å². The first-order chi connectivity index (χ1) is 19.2. The van der Waals surface area contributed by atoms with Crippen molar-refractivity contribution in [2.75, 3.05) is 50.5 Å². The number of rotatable bonds is 8. The number of benzene rings is 2. The third-order valence-electron chi connectivity index (χ3n) is 7.85. The summed E-state index contributed by atoms with van der Waals surface area (Å²) < 4.78 is 11.0. The second-order valence-electron chi connectivity index (χ2n) is 11.3. The lowest BCUT2D eigenvalue weighted by molar-refractivity contribution is 0.0595. The molecule has 0 atom stereocenters. The van der Waals surface area contributed by atoms with Gasteiger partial charge in [0.1, 0.15) is 17.9 Å². The predicted octanol–water partition coefficient (Wildman–Crippen LogP) is 6.53. The highest BCUT2D eigenvalue weighted by Crippen LogP contribution is 2.43. The normalized spacial score (nSPS) is 17.6. The predicted molar refractivity (Wildman–Crippen MR) is 163 cm³/mol. The van der Waals surface area contributed by atoms with Crippen LogP contribution in [0.4, 0.5) is 10.8 Å². The monoisotopic (exact) mass is 580 g/mol. The van der Waals surface area contributed by atoms with Crippen LogP contribution in [0.5, 0.6) is 5.75 Å². The van der Waals surface area contributed by atoms with Gasteiger partial charge in [0.05, 0.1) is 12.8 Å². The summed E-state index contributed by atoms with van der Waals surface area (Å²) in [5, 5.41) is 3.13. The minimum absolute atomic E-state index is 0.233. The highest BCUT2D eigenvalue weighted by molar-refractivity contribution is 7.13. The molecule has 0 radical (unpaired) electrons. The summed E-state index contributed by atoms with van der Waals surface area (Å²) in [6.45, 7) is 9.69. The van der Waals surface area contributed by atoms with E-state index in [1.165, 1.54) is 36.0 Å². The first-order valence-electron chi connectivity index (χ1n) is 13.7. The number of nitrogens with zero attached hydrogens (tertiary/aromatic N) is 3. The number of hydrogen-bond acceptors (Lipinski definition) is 8. The molecule has 2 aliphatic rings. The van der Waals surface area contributed by atoms with Crippen molar-refractivity contribution in [1.29, 1.82) is 0 Å². The van der Waals surface area contributed by atoms with E-state index in [1.807, 2.05) is 29.6 Å². The van der Waals surface area contributed by atoms with Gasteiger partial charge in [-0.1, -0.05) is 43.2 Å². The Morgan fingerprint density at radius 1 is 1.12 bits per heavy atom. The number of allylic oxidation sites excluding steroid dienone is 1. The van der Waals surface area contributed by atoms with Crippen LogP contribution in [0.1, 0.15) is 54.7 Å². The fourth-order valence-corrected chi connectivity index (χ4v) is 6.22. The molecular formula is C31H37ClN4O3S. The van der Waals surface area contributed by atoms with Gasteiger partial charge in [0.2, 0.25) is 0 Å². The van der Waals surface area contributed by atoms with Crippen LogP contribution in [-0.4, -0.2) is 55.7 Å². The molecule has 2 N–H and O–H groups in total. The maximum Gasteiger partial charge on any atom is 0.341 e. The summed E-state index contributed by atoms with van der Waals surface area (Å²) >= 11 is 7.55. The number of hydrogen-bond donors (Lipinski definition) is 1. The third kappa shape index (κ3) is 6.79. The number of piperazine rings is 1. The Hall–Kier alpha value is -3.07. The van der Waals surface area contributed by atoms with Crippen molar-refractivity contribution in [3.8, 4) is 5.75 Å². The fourth-order valence-electron chi connectivity index (χ4n) is 5.54. The molecule has 9 heteroatoms. The number of nitrogens with two attached hydrogens (primary N) is 1. The lowest BCUT2D eigenvalue weighted by Crippen LogP contribution is -2.47. The van der Waals surface area contributed by atoms with Gasteiger partial charge in [-0.15, -0.1) is 11.3 Å². The lowest BCUT2D eigenvalue weighted by Gasteiger charge is -2.39. The van der Waals surface area contributed by atoms with Crippen LogP contribution in [0.15, 0.2) is 53.4 Å². The number of carbonyl (C=O) groups is 1. The van der Waals surface area contributed by atoms with E-state index in [4.69, 9.17) is 26.8 Å². The Morgan fingerprint density at radius 3 is 2.55 bits per heavy atom. The van der Waals surface area contributed by atoms with Crippen LogP contribution in [0.2, 0.25) is 5.02 Å². The SMILES string of the molecule is COC(=O)c1ccc(N2CCN(CC3=C(c4ccc(Cl)cc4)CC(C)(C)CC3)CC2)cc1OCc1csc(N)n1. The smallest absolute Gasteiger partial charge is 0.341 e. The van der Waals surface area contributed by atoms with Gasteiger partial charge in [0.25, 0.3) is 0 Å². The zero-order valence-corrected chi connectivity index (χ0v) is 25.0. The minimum Gasteiger partial charge on any atom is -0.486 e. The number of methoxy groups -OCH3 is 1. The Balaban J connectivity index is 1.27. The number of ether oxygens (including phenoxy) is 2. The zero-order valence-electron chi connectivity index (χ0n) is 23.4. The summed E-state index contributed by atoms with van der Waals surface area (Å²) in [4.78, 5) is 21.6. The van der Waals surface area contributed by atoms with E-state index < -0.39 is 5.97 Å². The van der Waals surface area contributed by atoms with Crippen molar-refractivity contribution < 1.29 is 14.3 Å². The highest BCUT2D eigenvalue weighted by atomic mass is 35.5. The number of thiazole rings is 1. The quantitative estimate of drug-likeness (QED) is 0.303. The molecule has 1 saturated heterocycles. The fraction of sp³-hybridized carbons (Fsp3) is 0.419. The number of anilines is 2. The molecule has 3 aromatic rings. The van der Waals surface area contributed by atoms with Gasteiger partial charge in [0.15, 0.2) is 5.13 Å². The second-order valence-corrected chi connectivity index (χ2v) is 12.7. The van der Waals surface area contributed by atoms with Gasteiger partial charge < -0.3 is 20.1 Å². The molecule has 0 spiro atoms. The summed E-state index contributed by atoms with van der Waals surface area (Å²) in [5.74, 6) is 0.0607. The average molecular weight is 581 g/mol. The Bertz CT molecular complexity index is 1380. The molecule has 0 bridgehead atoms. The minimum atomic E-state index is -0.426. The van der Waals surface area contributed by atoms with Gasteiger partial charge in [-0.2, -0.15) is 0 Å². The molecule has 2 aromatic carbocycles. The number of aromatic nitrogens is 1. The Labute approximate surface area is 245 Å². The van der Waals surface area contributed by atoms with Gasteiger partial charge >= 0.3 is 5.97 Å². The number of esters is 1. The second kappa shape index (κ2) is 12.2. The number of nitrogen functional groups attached to an aromatic ring is 1. The first kappa shape index (κ1) is 28.5. The number of carbonyl (C=O) groups excluding carboxylic acids is 1. The van der Waals surface area contributed by atoms with Gasteiger partial charge in [-0.25, -0.2) is 9.78 Å². The van der Waals surface area contributed by atoms with E-state index in [1.54, 1.807) is 11.6 Å².